The number of rotatable bonds is 3. The molecule has 3 fully saturated rings. The molecule has 3 atom stereocenters. The molecule has 2 saturated carbocycles. The molecule has 1 aliphatic heterocycles. The van der Waals surface area contributed by atoms with Gasteiger partial charge >= 0.3 is 0 Å². The number of carbonyl (C=O) groups is 1. The van der Waals surface area contributed by atoms with Crippen LogP contribution < -0.4 is 5.73 Å². The summed E-state index contributed by atoms with van der Waals surface area (Å²) in [5, 5.41) is 0. The van der Waals surface area contributed by atoms with Gasteiger partial charge in [0.05, 0.1) is 5.60 Å². The van der Waals surface area contributed by atoms with Crippen LogP contribution in [0.1, 0.15) is 51.4 Å². The van der Waals surface area contributed by atoms with Crippen LogP contribution in [0.5, 0.6) is 0 Å². The molecule has 0 aromatic carbocycles. The lowest BCUT2D eigenvalue weighted by Gasteiger charge is -2.47. The van der Waals surface area contributed by atoms with Crippen LogP contribution in [0, 0.1) is 17.8 Å². The predicted octanol–water partition coefficient (Wildman–Crippen LogP) is 2.28. The van der Waals surface area contributed by atoms with E-state index in [1.165, 1.54) is 25.7 Å². The molecule has 0 aromatic heterocycles. The Bertz CT molecular complexity index is 324. The fourth-order valence-corrected chi connectivity index (χ4v) is 4.19. The van der Waals surface area contributed by atoms with Crippen LogP contribution in [0.2, 0.25) is 0 Å². The zero-order chi connectivity index (χ0) is 12.6. The largest absolute Gasteiger partial charge is 0.375 e. The first-order chi connectivity index (χ1) is 8.74. The van der Waals surface area contributed by atoms with Crippen LogP contribution in [0.25, 0.3) is 0 Å². The minimum Gasteiger partial charge on any atom is -0.375 e. The van der Waals surface area contributed by atoms with E-state index < -0.39 is 0 Å². The Kier molecular flexibility index (Phi) is 3.46. The van der Waals surface area contributed by atoms with E-state index in [0.29, 0.717) is 18.2 Å². The van der Waals surface area contributed by atoms with Gasteiger partial charge in [-0.1, -0.05) is 6.42 Å². The van der Waals surface area contributed by atoms with Crippen molar-refractivity contribution in [3.63, 3.8) is 0 Å². The topological polar surface area (TPSA) is 52.3 Å². The first-order valence-electron chi connectivity index (χ1n) is 7.62. The molecule has 1 spiro atoms. The molecule has 0 aromatic rings. The van der Waals surface area contributed by atoms with Crippen molar-refractivity contribution in [2.24, 2.45) is 23.5 Å². The zero-order valence-electron chi connectivity index (χ0n) is 11.2. The summed E-state index contributed by atoms with van der Waals surface area (Å²) in [6, 6.07) is 0. The molecule has 18 heavy (non-hydrogen) atoms. The van der Waals surface area contributed by atoms with Gasteiger partial charge in [-0.15, -0.1) is 0 Å². The van der Waals surface area contributed by atoms with Crippen molar-refractivity contribution in [1.29, 1.82) is 0 Å². The summed E-state index contributed by atoms with van der Waals surface area (Å²) in [5.74, 6) is 1.49. The maximum atomic E-state index is 12.7. The van der Waals surface area contributed by atoms with Crippen LogP contribution in [0.3, 0.4) is 0 Å². The van der Waals surface area contributed by atoms with E-state index in [-0.39, 0.29) is 17.4 Å². The Morgan fingerprint density at radius 1 is 1.22 bits per heavy atom. The quantitative estimate of drug-likeness (QED) is 0.837. The van der Waals surface area contributed by atoms with Gasteiger partial charge in [0.1, 0.15) is 5.78 Å². The number of ether oxygens (including phenoxy) is 1. The molecule has 2 N–H and O–H groups in total. The van der Waals surface area contributed by atoms with E-state index in [9.17, 15) is 4.79 Å². The third kappa shape index (κ3) is 2.12. The van der Waals surface area contributed by atoms with Crippen LogP contribution in [-0.4, -0.2) is 24.5 Å². The van der Waals surface area contributed by atoms with Crippen molar-refractivity contribution < 1.29 is 9.53 Å². The molecule has 0 amide bonds. The van der Waals surface area contributed by atoms with Gasteiger partial charge in [-0.3, -0.25) is 4.79 Å². The van der Waals surface area contributed by atoms with Gasteiger partial charge < -0.3 is 10.5 Å². The Hall–Kier alpha value is -0.410. The zero-order valence-corrected chi connectivity index (χ0v) is 11.2. The van der Waals surface area contributed by atoms with Gasteiger partial charge in [-0.2, -0.15) is 0 Å². The first kappa shape index (κ1) is 12.6. The van der Waals surface area contributed by atoms with Gasteiger partial charge in [0.25, 0.3) is 0 Å². The molecule has 2 aliphatic carbocycles. The average Bonchev–Trinajstić information content (AvgIpc) is 2.84. The third-order valence-electron chi connectivity index (χ3n) is 5.49. The molecule has 102 valence electrons. The van der Waals surface area contributed by atoms with Crippen LogP contribution in [0.4, 0.5) is 0 Å². The number of ketones is 1. The summed E-state index contributed by atoms with van der Waals surface area (Å²) >= 11 is 0. The fraction of sp³-hybridized carbons (Fsp3) is 0.933. The molecule has 1 heterocycles. The molecule has 0 bridgehead atoms. The van der Waals surface area contributed by atoms with E-state index in [4.69, 9.17) is 10.5 Å². The third-order valence-corrected chi connectivity index (χ3v) is 5.49. The van der Waals surface area contributed by atoms with Crippen molar-refractivity contribution >= 4 is 5.78 Å². The Morgan fingerprint density at radius 3 is 2.72 bits per heavy atom. The second kappa shape index (κ2) is 4.93. The summed E-state index contributed by atoms with van der Waals surface area (Å²) in [4.78, 5) is 12.7. The van der Waals surface area contributed by atoms with Crippen LogP contribution >= 0.6 is 0 Å². The second-order valence-electron chi connectivity index (χ2n) is 6.51. The number of Topliss-reactive ketones (excluding diaryl/α,β-unsaturated/α-hetero) is 1. The van der Waals surface area contributed by atoms with E-state index >= 15 is 0 Å². The van der Waals surface area contributed by atoms with E-state index in [2.05, 4.69) is 0 Å². The van der Waals surface area contributed by atoms with Crippen molar-refractivity contribution in [1.82, 2.24) is 0 Å². The van der Waals surface area contributed by atoms with Gasteiger partial charge in [0.2, 0.25) is 0 Å². The van der Waals surface area contributed by atoms with Gasteiger partial charge in [0.15, 0.2) is 0 Å². The molecule has 1 saturated heterocycles. The highest BCUT2D eigenvalue weighted by molar-refractivity contribution is 5.84. The van der Waals surface area contributed by atoms with Gasteiger partial charge in [-0.25, -0.2) is 0 Å². The Labute approximate surface area is 109 Å². The first-order valence-corrected chi connectivity index (χ1v) is 7.62. The van der Waals surface area contributed by atoms with Crippen molar-refractivity contribution in [2.45, 2.75) is 57.0 Å². The van der Waals surface area contributed by atoms with Crippen LogP contribution in [-0.2, 0) is 9.53 Å². The lowest BCUT2D eigenvalue weighted by molar-refractivity contribution is -0.158. The van der Waals surface area contributed by atoms with E-state index in [0.717, 1.165) is 32.3 Å². The highest BCUT2D eigenvalue weighted by Gasteiger charge is 2.46. The minimum absolute atomic E-state index is 0.0927. The second-order valence-corrected chi connectivity index (χ2v) is 6.51. The Balaban J connectivity index is 1.64. The highest BCUT2D eigenvalue weighted by Crippen LogP contribution is 2.46. The van der Waals surface area contributed by atoms with E-state index in [1.54, 1.807) is 0 Å². The monoisotopic (exact) mass is 251 g/mol. The molecule has 3 rings (SSSR count). The molecular weight excluding hydrogens is 226 g/mol. The number of hydrogen-bond donors (Lipinski definition) is 1. The lowest BCUT2D eigenvalue weighted by Crippen LogP contribution is -2.48. The summed E-state index contributed by atoms with van der Waals surface area (Å²) < 4.78 is 5.92. The molecule has 3 aliphatic rings. The Morgan fingerprint density at radius 2 is 2.06 bits per heavy atom. The summed E-state index contributed by atoms with van der Waals surface area (Å²) in [6.07, 6.45) is 8.95. The summed E-state index contributed by atoms with van der Waals surface area (Å²) in [5.41, 5.74) is 5.90. The van der Waals surface area contributed by atoms with Gasteiger partial charge in [0, 0.05) is 18.4 Å². The molecule has 3 nitrogen and oxygen atoms in total. The normalized spacial score (nSPS) is 38.6. The van der Waals surface area contributed by atoms with Gasteiger partial charge in [-0.05, 0) is 57.4 Å². The lowest BCUT2D eigenvalue weighted by atomic mass is 9.69. The molecule has 3 unspecified atom stereocenters. The van der Waals surface area contributed by atoms with Crippen molar-refractivity contribution in [3.8, 4) is 0 Å². The maximum absolute atomic E-state index is 12.7. The number of carbonyl (C=O) groups excluding carboxylic acids is 1. The van der Waals surface area contributed by atoms with Crippen molar-refractivity contribution in [2.75, 3.05) is 13.2 Å². The van der Waals surface area contributed by atoms with E-state index in [1.807, 2.05) is 0 Å². The highest BCUT2D eigenvalue weighted by atomic mass is 16.5. The smallest absolute Gasteiger partial charge is 0.139 e. The maximum Gasteiger partial charge on any atom is 0.139 e. The molecule has 3 heteroatoms. The molecule has 0 radical (unpaired) electrons. The SMILES string of the molecule is NCC1CCCC1C(=O)C1CCOC2(CCC2)C1. The number of nitrogens with two attached hydrogens (primary N) is 1. The standard InChI is InChI=1S/C15H25NO2/c16-10-12-3-1-4-13(12)14(17)11-5-8-18-15(9-11)6-2-7-15/h11-13H,1-10,16H2. The minimum atomic E-state index is 0.0927. The average molecular weight is 251 g/mol. The van der Waals surface area contributed by atoms with Crippen LogP contribution in [0.15, 0.2) is 0 Å². The summed E-state index contributed by atoms with van der Waals surface area (Å²) in [6.45, 7) is 1.47. The number of hydrogen-bond acceptors (Lipinski definition) is 3. The molecular formula is C15H25NO2. The van der Waals surface area contributed by atoms with Crippen molar-refractivity contribution in [3.05, 3.63) is 0 Å². The predicted molar refractivity (Wildman–Crippen MR) is 70.2 cm³/mol. The fourth-order valence-electron chi connectivity index (χ4n) is 4.19. The summed E-state index contributed by atoms with van der Waals surface area (Å²) in [7, 11) is 0.